The van der Waals surface area contributed by atoms with Crippen molar-refractivity contribution in [3.8, 4) is 0 Å². The van der Waals surface area contributed by atoms with Gasteiger partial charge in [0.15, 0.2) is 0 Å². The van der Waals surface area contributed by atoms with Gasteiger partial charge >= 0.3 is 0 Å². The minimum atomic E-state index is 0.926. The highest BCUT2D eigenvalue weighted by molar-refractivity contribution is 4.81. The van der Waals surface area contributed by atoms with Crippen LogP contribution in [0.1, 0.15) is 25.7 Å². The summed E-state index contributed by atoms with van der Waals surface area (Å²) in [5.74, 6) is 1.94. The van der Waals surface area contributed by atoms with Crippen LogP contribution >= 0.6 is 0 Å². The van der Waals surface area contributed by atoms with Crippen molar-refractivity contribution >= 4 is 0 Å². The number of hydrogen-bond acceptors (Lipinski definition) is 2. The van der Waals surface area contributed by atoms with E-state index in [9.17, 15) is 0 Å². The monoisotopic (exact) mass is 182 g/mol. The molecule has 0 aromatic rings. The topological polar surface area (TPSA) is 15.3 Å². The highest BCUT2D eigenvalue weighted by Gasteiger charge is 2.26. The number of nitrogens with zero attached hydrogens (tertiary/aromatic N) is 1. The van der Waals surface area contributed by atoms with Gasteiger partial charge in [-0.3, -0.25) is 0 Å². The van der Waals surface area contributed by atoms with Crippen LogP contribution in [0.4, 0.5) is 0 Å². The smallest absolute Gasteiger partial charge is 0.00214 e. The second kappa shape index (κ2) is 4.43. The molecule has 13 heavy (non-hydrogen) atoms. The van der Waals surface area contributed by atoms with Crippen LogP contribution in [0.15, 0.2) is 0 Å². The lowest BCUT2D eigenvalue weighted by molar-refractivity contribution is 0.256. The Labute approximate surface area is 81.7 Å². The Morgan fingerprint density at radius 1 is 1.15 bits per heavy atom. The third kappa shape index (κ3) is 2.44. The fourth-order valence-corrected chi connectivity index (χ4v) is 2.89. The minimum Gasteiger partial charge on any atom is -0.316 e. The van der Waals surface area contributed by atoms with Gasteiger partial charge in [0.05, 0.1) is 0 Å². The molecule has 2 heteroatoms. The Morgan fingerprint density at radius 2 is 2.00 bits per heavy atom. The van der Waals surface area contributed by atoms with Crippen molar-refractivity contribution in [2.24, 2.45) is 11.8 Å². The first-order valence-corrected chi connectivity index (χ1v) is 5.75. The van der Waals surface area contributed by atoms with Crippen molar-refractivity contribution < 1.29 is 0 Å². The summed E-state index contributed by atoms with van der Waals surface area (Å²) in [6.45, 7) is 5.14. The second-order valence-electron chi connectivity index (χ2n) is 4.77. The molecule has 2 rings (SSSR count). The van der Waals surface area contributed by atoms with Gasteiger partial charge in [-0.05, 0) is 64.2 Å². The van der Waals surface area contributed by atoms with Crippen molar-refractivity contribution in [1.82, 2.24) is 10.2 Å². The maximum absolute atomic E-state index is 3.57. The van der Waals surface area contributed by atoms with E-state index in [1.165, 1.54) is 51.9 Å². The molecular weight excluding hydrogens is 160 g/mol. The van der Waals surface area contributed by atoms with Crippen LogP contribution < -0.4 is 5.32 Å². The lowest BCUT2D eigenvalue weighted by atomic mass is 9.87. The van der Waals surface area contributed by atoms with E-state index in [2.05, 4.69) is 17.3 Å². The fraction of sp³-hybridized carbons (Fsp3) is 1.00. The van der Waals surface area contributed by atoms with Gasteiger partial charge in [-0.15, -0.1) is 0 Å². The highest BCUT2D eigenvalue weighted by Crippen LogP contribution is 2.27. The molecule has 2 atom stereocenters. The van der Waals surface area contributed by atoms with Gasteiger partial charge in [0.1, 0.15) is 0 Å². The van der Waals surface area contributed by atoms with Crippen molar-refractivity contribution in [2.75, 3.05) is 33.2 Å². The predicted molar refractivity (Wildman–Crippen MR) is 55.8 cm³/mol. The summed E-state index contributed by atoms with van der Waals surface area (Å²) in [4.78, 5) is 2.51. The quantitative estimate of drug-likeness (QED) is 0.608. The van der Waals surface area contributed by atoms with Crippen LogP contribution in [0.5, 0.6) is 0 Å². The lowest BCUT2D eigenvalue weighted by Crippen LogP contribution is -2.32. The lowest BCUT2D eigenvalue weighted by Gasteiger charge is -2.24. The number of hydrogen-bond donors (Lipinski definition) is 1. The minimum absolute atomic E-state index is 0.926. The summed E-state index contributed by atoms with van der Waals surface area (Å²) in [6.07, 6.45) is 5.74. The zero-order valence-corrected chi connectivity index (χ0v) is 8.76. The molecule has 0 aromatic carbocycles. The van der Waals surface area contributed by atoms with Crippen molar-refractivity contribution in [3.05, 3.63) is 0 Å². The van der Waals surface area contributed by atoms with Crippen molar-refractivity contribution in [3.63, 3.8) is 0 Å². The molecule has 2 aliphatic heterocycles. The Kier molecular flexibility index (Phi) is 3.23. The number of rotatable bonds is 0. The number of fused-ring (bicyclic) bond motifs is 1. The molecule has 1 N–H and O–H groups in total. The van der Waals surface area contributed by atoms with Crippen LogP contribution in [0.3, 0.4) is 0 Å². The Hall–Kier alpha value is -0.0800. The van der Waals surface area contributed by atoms with Gasteiger partial charge in [-0.25, -0.2) is 0 Å². The van der Waals surface area contributed by atoms with Crippen LogP contribution in [0.25, 0.3) is 0 Å². The summed E-state index contributed by atoms with van der Waals surface area (Å²) < 4.78 is 0. The van der Waals surface area contributed by atoms with E-state index in [0.29, 0.717) is 0 Å². The SMILES string of the molecule is CN1CCCC2CCCNCC2C1. The normalized spacial score (nSPS) is 37.6. The summed E-state index contributed by atoms with van der Waals surface area (Å²) in [6, 6.07) is 0. The molecule has 0 aromatic heterocycles. The van der Waals surface area contributed by atoms with Crippen LogP contribution in [-0.4, -0.2) is 38.1 Å². The molecule has 0 saturated carbocycles. The van der Waals surface area contributed by atoms with Gasteiger partial charge in [0.25, 0.3) is 0 Å². The van der Waals surface area contributed by atoms with E-state index in [0.717, 1.165) is 11.8 Å². The molecule has 2 fully saturated rings. The molecule has 2 nitrogen and oxygen atoms in total. The van der Waals surface area contributed by atoms with Gasteiger partial charge in [-0.2, -0.15) is 0 Å². The Balaban J connectivity index is 1.98. The molecule has 2 aliphatic rings. The molecule has 0 bridgehead atoms. The van der Waals surface area contributed by atoms with E-state index in [4.69, 9.17) is 0 Å². The molecule has 0 spiro atoms. The highest BCUT2D eigenvalue weighted by atomic mass is 15.1. The molecule has 0 amide bonds. The van der Waals surface area contributed by atoms with E-state index >= 15 is 0 Å². The first-order chi connectivity index (χ1) is 6.36. The molecule has 0 aliphatic carbocycles. The maximum Gasteiger partial charge on any atom is 0.00214 e. The Morgan fingerprint density at radius 3 is 2.92 bits per heavy atom. The standard InChI is InChI=1S/C11H22N2/c1-13-7-3-5-10-4-2-6-12-8-11(10)9-13/h10-12H,2-9H2,1H3. The molecular formula is C11H22N2. The fourth-order valence-electron chi connectivity index (χ4n) is 2.89. The third-order valence-electron chi connectivity index (χ3n) is 3.66. The van der Waals surface area contributed by atoms with E-state index in [1.807, 2.05) is 0 Å². The van der Waals surface area contributed by atoms with E-state index < -0.39 is 0 Å². The van der Waals surface area contributed by atoms with Crippen LogP contribution in [0.2, 0.25) is 0 Å². The Bertz CT molecular complexity index is 158. The summed E-state index contributed by atoms with van der Waals surface area (Å²) >= 11 is 0. The summed E-state index contributed by atoms with van der Waals surface area (Å²) in [5, 5.41) is 3.57. The first-order valence-electron chi connectivity index (χ1n) is 5.75. The first kappa shape index (κ1) is 9.47. The molecule has 2 saturated heterocycles. The average molecular weight is 182 g/mol. The summed E-state index contributed by atoms with van der Waals surface area (Å²) in [5.41, 5.74) is 0. The number of nitrogens with one attached hydrogen (secondary N) is 1. The predicted octanol–water partition coefficient (Wildman–Crippen LogP) is 1.33. The molecule has 0 radical (unpaired) electrons. The average Bonchev–Trinajstić information content (AvgIpc) is 2.38. The zero-order chi connectivity index (χ0) is 9.10. The van der Waals surface area contributed by atoms with Crippen molar-refractivity contribution in [2.45, 2.75) is 25.7 Å². The van der Waals surface area contributed by atoms with Gasteiger partial charge in [-0.1, -0.05) is 0 Å². The van der Waals surface area contributed by atoms with Crippen molar-refractivity contribution in [1.29, 1.82) is 0 Å². The zero-order valence-electron chi connectivity index (χ0n) is 8.76. The maximum atomic E-state index is 3.57. The van der Waals surface area contributed by atoms with Gasteiger partial charge in [0, 0.05) is 6.54 Å². The third-order valence-corrected chi connectivity index (χ3v) is 3.66. The van der Waals surface area contributed by atoms with Crippen LogP contribution in [-0.2, 0) is 0 Å². The largest absolute Gasteiger partial charge is 0.316 e. The van der Waals surface area contributed by atoms with Crippen LogP contribution in [0, 0.1) is 11.8 Å². The van der Waals surface area contributed by atoms with Gasteiger partial charge < -0.3 is 10.2 Å². The number of likely N-dealkylation sites (tertiary alicyclic amines) is 1. The van der Waals surface area contributed by atoms with E-state index in [1.54, 1.807) is 0 Å². The second-order valence-corrected chi connectivity index (χ2v) is 4.77. The van der Waals surface area contributed by atoms with E-state index in [-0.39, 0.29) is 0 Å². The molecule has 76 valence electrons. The molecule has 2 heterocycles. The molecule has 2 unspecified atom stereocenters. The van der Waals surface area contributed by atoms with Gasteiger partial charge in [0.2, 0.25) is 0 Å². The summed E-state index contributed by atoms with van der Waals surface area (Å²) in [7, 11) is 2.27.